The van der Waals surface area contributed by atoms with Crippen molar-refractivity contribution >= 4 is 57.3 Å². The molecule has 0 N–H and O–H groups in total. The van der Waals surface area contributed by atoms with Crippen LogP contribution in [-0.4, -0.2) is 37.9 Å². The third kappa shape index (κ3) is 4.12. The molecule has 14 heteroatoms. The Kier molecular flexibility index (Phi) is 6.14. The molecule has 8 nitrogen and oxygen atoms in total. The van der Waals surface area contributed by atoms with Gasteiger partial charge in [0, 0.05) is 20.1 Å². The topological polar surface area (TPSA) is 72.1 Å². The van der Waals surface area contributed by atoms with E-state index in [1.165, 1.54) is 34.7 Å². The van der Waals surface area contributed by atoms with Gasteiger partial charge in [-0.15, -0.1) is 10.2 Å². The number of hydrogen-bond acceptors (Lipinski definition) is 6. The number of nitrogens with zero attached hydrogens (tertiary/aromatic N) is 7. The normalized spacial score (nSPS) is 14.3. The van der Waals surface area contributed by atoms with Crippen molar-refractivity contribution < 1.29 is 13.2 Å². The van der Waals surface area contributed by atoms with Gasteiger partial charge in [0.2, 0.25) is 5.95 Å². The summed E-state index contributed by atoms with van der Waals surface area (Å²) in [6.45, 7) is 1.16. The van der Waals surface area contributed by atoms with E-state index in [4.69, 9.17) is 11.6 Å². The molecular formula is C17H15ClF3IN7OP. The minimum atomic E-state index is -4.49. The molecule has 2 aromatic heterocycles. The second-order valence-corrected chi connectivity index (χ2v) is 9.13. The summed E-state index contributed by atoms with van der Waals surface area (Å²) in [5, 5.41) is 12.5. The van der Waals surface area contributed by atoms with Crippen LogP contribution in [0.2, 0.25) is 5.02 Å². The number of para-hydroxylation sites is 1. The predicted molar refractivity (Wildman–Crippen MR) is 122 cm³/mol. The molecule has 1 aliphatic rings. The molecule has 0 bridgehead atoms. The summed E-state index contributed by atoms with van der Waals surface area (Å²) >= 11 is 8.30. The first-order valence-electron chi connectivity index (χ1n) is 8.94. The van der Waals surface area contributed by atoms with E-state index in [1.54, 1.807) is 10.6 Å². The molecule has 0 aliphatic carbocycles. The van der Waals surface area contributed by atoms with E-state index in [0.717, 1.165) is 6.07 Å². The summed E-state index contributed by atoms with van der Waals surface area (Å²) in [5.41, 5.74) is -0.642. The molecule has 31 heavy (non-hydrogen) atoms. The number of aromatic nitrogens is 5. The highest BCUT2D eigenvalue weighted by Gasteiger charge is 2.35. The SMILES string of the molecule is CN(c1ccccc1C(F)(F)F)c1nnc2n1CCN(c1cnn(PI)c(=O)c1Cl)C2. The quantitative estimate of drug-likeness (QED) is 0.341. The Morgan fingerprint density at radius 2 is 1.97 bits per heavy atom. The monoisotopic (exact) mass is 583 g/mol. The lowest BCUT2D eigenvalue weighted by atomic mass is 10.1. The van der Waals surface area contributed by atoms with Gasteiger partial charge in [-0.05, 0) is 34.2 Å². The van der Waals surface area contributed by atoms with E-state index in [2.05, 4.69) is 15.3 Å². The molecule has 3 aromatic rings. The number of hydrogen-bond donors (Lipinski definition) is 0. The Morgan fingerprint density at radius 3 is 2.68 bits per heavy atom. The van der Waals surface area contributed by atoms with Crippen LogP contribution in [0.3, 0.4) is 0 Å². The van der Waals surface area contributed by atoms with Crippen LogP contribution >= 0.6 is 40.0 Å². The van der Waals surface area contributed by atoms with E-state index >= 15 is 0 Å². The Balaban J connectivity index is 1.64. The largest absolute Gasteiger partial charge is 0.418 e. The van der Waals surface area contributed by atoms with Crippen molar-refractivity contribution in [3.8, 4) is 0 Å². The molecule has 4 rings (SSSR count). The first-order valence-corrected chi connectivity index (χ1v) is 13.4. The number of fused-ring (bicyclic) bond motifs is 1. The Hall–Kier alpha value is -1.92. The van der Waals surface area contributed by atoms with Gasteiger partial charge in [-0.1, -0.05) is 23.7 Å². The lowest BCUT2D eigenvalue weighted by molar-refractivity contribution is -0.137. The maximum atomic E-state index is 13.4. The Bertz CT molecular complexity index is 1190. The predicted octanol–water partition coefficient (Wildman–Crippen LogP) is 4.09. The van der Waals surface area contributed by atoms with Crippen molar-refractivity contribution in [2.24, 2.45) is 0 Å². The molecule has 0 spiro atoms. The fraction of sp³-hybridized carbons (Fsp3) is 0.294. The summed E-state index contributed by atoms with van der Waals surface area (Å²) in [7, 11) is 1.53. The number of anilines is 3. The Labute approximate surface area is 194 Å². The highest BCUT2D eigenvalue weighted by atomic mass is 127. The molecule has 0 saturated heterocycles. The summed E-state index contributed by atoms with van der Waals surface area (Å²) in [6, 6.07) is 5.33. The first kappa shape index (κ1) is 22.3. The standard InChI is InChI=1S/C17H15ClF3IN7OP/c1-26(11-5-3-2-4-10(11)17(19,20)21)16-25-24-13-9-27(6-7-28(13)16)12-8-23-29(31-22)15(30)14(12)18/h2-5,8,31H,6-7,9H2,1H3. The fourth-order valence-corrected chi connectivity index (χ4v) is 5.05. The summed E-state index contributed by atoms with van der Waals surface area (Å²) in [5.74, 6) is 0.853. The van der Waals surface area contributed by atoms with Crippen molar-refractivity contribution in [2.75, 3.05) is 23.4 Å². The number of halogens is 5. The molecule has 1 unspecified atom stereocenters. The zero-order valence-corrected chi connectivity index (χ0v) is 19.9. The van der Waals surface area contributed by atoms with Gasteiger partial charge in [0.25, 0.3) is 5.56 Å². The number of alkyl halides is 3. The van der Waals surface area contributed by atoms with E-state index < -0.39 is 11.7 Å². The van der Waals surface area contributed by atoms with Crippen molar-refractivity contribution in [1.82, 2.24) is 24.3 Å². The second-order valence-electron chi connectivity index (χ2n) is 6.71. The van der Waals surface area contributed by atoms with Gasteiger partial charge in [0.1, 0.15) is 5.02 Å². The smallest absolute Gasteiger partial charge is 0.360 e. The van der Waals surface area contributed by atoms with Gasteiger partial charge in [-0.2, -0.15) is 18.3 Å². The lowest BCUT2D eigenvalue weighted by Gasteiger charge is -2.31. The van der Waals surface area contributed by atoms with E-state index in [1.807, 2.05) is 26.9 Å². The van der Waals surface area contributed by atoms with Crippen LogP contribution in [0, 0.1) is 0 Å². The van der Waals surface area contributed by atoms with Crippen molar-refractivity contribution in [3.05, 3.63) is 57.2 Å². The van der Waals surface area contributed by atoms with Gasteiger partial charge >= 0.3 is 6.18 Å². The molecule has 164 valence electrons. The molecule has 3 heterocycles. The highest BCUT2D eigenvalue weighted by molar-refractivity contribution is 14.2. The maximum Gasteiger partial charge on any atom is 0.418 e. The highest BCUT2D eigenvalue weighted by Crippen LogP contribution is 2.38. The molecule has 1 atom stereocenters. The van der Waals surface area contributed by atoms with Crippen LogP contribution in [0.15, 0.2) is 35.3 Å². The molecule has 0 radical (unpaired) electrons. The molecular weight excluding hydrogens is 569 g/mol. The van der Waals surface area contributed by atoms with Crippen LogP contribution < -0.4 is 15.4 Å². The van der Waals surface area contributed by atoms with E-state index in [-0.39, 0.29) is 22.6 Å². The van der Waals surface area contributed by atoms with Crippen LogP contribution in [0.5, 0.6) is 0 Å². The van der Waals surface area contributed by atoms with Crippen molar-refractivity contribution in [2.45, 2.75) is 19.3 Å². The zero-order chi connectivity index (χ0) is 22.3. The van der Waals surface area contributed by atoms with E-state index in [9.17, 15) is 18.0 Å². The molecule has 1 aromatic carbocycles. The summed E-state index contributed by atoms with van der Waals surface area (Å²) < 4.78 is 43.3. The fourth-order valence-electron chi connectivity index (χ4n) is 3.41. The third-order valence-corrected chi connectivity index (χ3v) is 7.13. The van der Waals surface area contributed by atoms with Crippen molar-refractivity contribution in [3.63, 3.8) is 0 Å². The molecule has 0 fully saturated rings. The van der Waals surface area contributed by atoms with E-state index in [0.29, 0.717) is 37.1 Å². The van der Waals surface area contributed by atoms with Gasteiger partial charge < -0.3 is 9.80 Å². The van der Waals surface area contributed by atoms with Gasteiger partial charge in [-0.3, -0.25) is 9.36 Å². The summed E-state index contributed by atoms with van der Waals surface area (Å²) in [4.78, 5) is 15.5. The van der Waals surface area contributed by atoms with Crippen molar-refractivity contribution in [1.29, 1.82) is 0 Å². The second kappa shape index (κ2) is 8.55. The zero-order valence-electron chi connectivity index (χ0n) is 15.9. The molecule has 1 aliphatic heterocycles. The maximum absolute atomic E-state index is 13.4. The van der Waals surface area contributed by atoms with Crippen LogP contribution in [-0.2, 0) is 19.3 Å². The lowest BCUT2D eigenvalue weighted by Crippen LogP contribution is -2.36. The average molecular weight is 584 g/mol. The molecule has 0 saturated carbocycles. The van der Waals surface area contributed by atoms with Gasteiger partial charge in [-0.25, -0.2) is 4.45 Å². The average Bonchev–Trinajstić information content (AvgIpc) is 3.17. The minimum Gasteiger partial charge on any atom is -0.360 e. The van der Waals surface area contributed by atoms with Gasteiger partial charge in [0.05, 0.1) is 36.1 Å². The molecule has 0 amide bonds. The summed E-state index contributed by atoms with van der Waals surface area (Å²) in [6.07, 6.45) is -2.83. The minimum absolute atomic E-state index is 0.0110. The van der Waals surface area contributed by atoms with Crippen LogP contribution in [0.25, 0.3) is 0 Å². The third-order valence-electron chi connectivity index (χ3n) is 4.93. The number of benzene rings is 1. The van der Waals surface area contributed by atoms with Gasteiger partial charge in [0.15, 0.2) is 5.82 Å². The van der Waals surface area contributed by atoms with Crippen LogP contribution in [0.1, 0.15) is 11.4 Å². The van der Waals surface area contributed by atoms with Crippen LogP contribution in [0.4, 0.5) is 30.5 Å². The number of rotatable bonds is 4. The first-order chi connectivity index (χ1) is 14.7. The Morgan fingerprint density at radius 1 is 1.23 bits per heavy atom.